The molecule has 0 unspecified atom stereocenters. The number of unbranched alkanes of at least 4 members (excludes halogenated alkanes) is 3. The quantitative estimate of drug-likeness (QED) is 0.156. The smallest absolute Gasteiger partial charge is 0.250 e. The summed E-state index contributed by atoms with van der Waals surface area (Å²) in [6.45, 7) is 14.3. The van der Waals surface area contributed by atoms with E-state index in [1.807, 2.05) is 12.1 Å². The van der Waals surface area contributed by atoms with Crippen molar-refractivity contribution in [2.75, 3.05) is 7.11 Å². The van der Waals surface area contributed by atoms with Gasteiger partial charge in [-0.2, -0.15) is 0 Å². The third-order valence-corrected chi connectivity index (χ3v) is 12.2. The van der Waals surface area contributed by atoms with Gasteiger partial charge in [-0.1, -0.05) is 80.8 Å². The van der Waals surface area contributed by atoms with E-state index in [-0.39, 0.29) is 11.1 Å². The summed E-state index contributed by atoms with van der Waals surface area (Å²) in [5.74, 6) is 2.27. The van der Waals surface area contributed by atoms with Gasteiger partial charge in [0.2, 0.25) is 8.32 Å². The highest BCUT2D eigenvalue weighted by Crippen LogP contribution is 2.45. The lowest BCUT2D eigenvalue weighted by Crippen LogP contribution is -2.40. The zero-order valence-corrected chi connectivity index (χ0v) is 23.8. The molecule has 0 amide bonds. The second-order valence-electron chi connectivity index (χ2n) is 10.3. The first kappa shape index (κ1) is 27.2. The largest absolute Gasteiger partial charge is 0.546 e. The number of hydrogen-bond donors (Lipinski definition) is 0. The third-order valence-electron chi connectivity index (χ3n) is 6.77. The predicted molar refractivity (Wildman–Crippen MR) is 142 cm³/mol. The molecule has 0 saturated heterocycles. The van der Waals surface area contributed by atoms with Gasteiger partial charge in [0.05, 0.1) is 25.6 Å². The Morgan fingerprint density at radius 1 is 1.09 bits per heavy atom. The van der Waals surface area contributed by atoms with E-state index in [9.17, 15) is 0 Å². The van der Waals surface area contributed by atoms with E-state index in [1.165, 1.54) is 23.7 Å². The molecule has 0 spiro atoms. The maximum Gasteiger partial charge on any atom is 0.250 e. The summed E-state index contributed by atoms with van der Waals surface area (Å²) in [6, 6.07) is 8.13. The fourth-order valence-corrected chi connectivity index (χ4v) is 5.56. The van der Waals surface area contributed by atoms with Crippen LogP contribution in [0, 0.1) is 5.92 Å². The van der Waals surface area contributed by atoms with Crippen LogP contribution in [0.15, 0.2) is 46.7 Å². The zero-order chi connectivity index (χ0) is 23.8. The van der Waals surface area contributed by atoms with Gasteiger partial charge in [-0.05, 0) is 55.1 Å². The Hall–Kier alpha value is -1.04. The van der Waals surface area contributed by atoms with E-state index in [2.05, 4.69) is 81.0 Å². The van der Waals surface area contributed by atoms with Crippen molar-refractivity contribution in [1.82, 2.24) is 0 Å². The summed E-state index contributed by atoms with van der Waals surface area (Å²) in [5, 5.41) is 0.171. The average molecular weight is 524 g/mol. The molecule has 180 valence electrons. The molecule has 0 radical (unpaired) electrons. The fraction of sp³-hybridized carbons (Fsp3) is 0.630. The van der Waals surface area contributed by atoms with Gasteiger partial charge >= 0.3 is 0 Å². The van der Waals surface area contributed by atoms with Crippen LogP contribution in [0.1, 0.15) is 71.8 Å². The van der Waals surface area contributed by atoms with Gasteiger partial charge in [0.15, 0.2) is 0 Å². The number of halogens is 1. The summed E-state index contributed by atoms with van der Waals surface area (Å²) < 4.78 is 19.7. The van der Waals surface area contributed by atoms with E-state index < -0.39 is 8.32 Å². The van der Waals surface area contributed by atoms with Gasteiger partial charge in [-0.3, -0.25) is 0 Å². The molecule has 1 aromatic carbocycles. The second-order valence-corrected chi connectivity index (χ2v) is 15.9. The van der Waals surface area contributed by atoms with Crippen molar-refractivity contribution in [2.24, 2.45) is 5.92 Å². The number of benzene rings is 1. The Labute approximate surface area is 205 Å². The molecular weight excluding hydrogens is 480 g/mol. The maximum absolute atomic E-state index is 6.73. The average Bonchev–Trinajstić information content (AvgIpc) is 3.02. The summed E-state index contributed by atoms with van der Waals surface area (Å²) in [4.78, 5) is 0. The molecule has 2 atom stereocenters. The van der Waals surface area contributed by atoms with Crippen molar-refractivity contribution in [3.05, 3.63) is 52.2 Å². The minimum absolute atomic E-state index is 0.117. The van der Waals surface area contributed by atoms with Crippen molar-refractivity contribution >= 4 is 24.2 Å². The topological polar surface area (TPSA) is 27.7 Å². The van der Waals surface area contributed by atoms with Crippen LogP contribution in [0.4, 0.5) is 0 Å². The van der Waals surface area contributed by atoms with Gasteiger partial charge in [0, 0.05) is 16.8 Å². The Morgan fingerprint density at radius 2 is 1.78 bits per heavy atom. The van der Waals surface area contributed by atoms with Crippen LogP contribution in [0.2, 0.25) is 18.1 Å². The van der Waals surface area contributed by atoms with Crippen LogP contribution < -0.4 is 4.74 Å². The molecule has 2 rings (SSSR count). The first-order valence-corrected chi connectivity index (χ1v) is 15.8. The van der Waals surface area contributed by atoms with E-state index in [4.69, 9.17) is 13.9 Å². The normalized spacial score (nSPS) is 19.8. The number of methoxy groups -OCH3 is 1. The van der Waals surface area contributed by atoms with Crippen molar-refractivity contribution in [1.29, 1.82) is 0 Å². The maximum atomic E-state index is 6.73. The Bertz CT molecular complexity index is 762. The molecule has 1 aromatic rings. The molecule has 5 heteroatoms. The molecule has 0 fully saturated rings. The fourth-order valence-electron chi connectivity index (χ4n) is 3.57. The third kappa shape index (κ3) is 7.77. The monoisotopic (exact) mass is 522 g/mol. The molecular formula is C27H43BrO3Si. The molecule has 1 aliphatic carbocycles. The summed E-state index contributed by atoms with van der Waals surface area (Å²) >= 11 is 3.92. The molecule has 0 N–H and O–H groups in total. The molecule has 0 saturated carbocycles. The zero-order valence-electron chi connectivity index (χ0n) is 21.2. The Morgan fingerprint density at radius 3 is 2.38 bits per heavy atom. The molecule has 0 aromatic heterocycles. The standard InChI is InChI=1S/C27H43BrO3Si/c1-8-9-10-11-12-13-14-23-24(30-20-21-15-17-22(29-5)18-16-21)19-25(26(23)28)31-32(6,7)27(2,3)4/h12-13,15-18,23-24H,8-11,14,19-20H2,1-7H3/b13-12-/t23-,24-/m0/s1. The summed E-state index contributed by atoms with van der Waals surface area (Å²) in [6.07, 6.45) is 11.6. The Balaban J connectivity index is 2.09. The molecule has 32 heavy (non-hydrogen) atoms. The van der Waals surface area contributed by atoms with Crippen LogP contribution in [0.5, 0.6) is 5.75 Å². The van der Waals surface area contributed by atoms with Gasteiger partial charge < -0.3 is 13.9 Å². The van der Waals surface area contributed by atoms with E-state index in [0.717, 1.165) is 36.3 Å². The number of ether oxygens (including phenoxy) is 2. The molecule has 0 heterocycles. The lowest BCUT2D eigenvalue weighted by Gasteiger charge is -2.37. The second kappa shape index (κ2) is 12.4. The van der Waals surface area contributed by atoms with Crippen LogP contribution >= 0.6 is 15.9 Å². The van der Waals surface area contributed by atoms with Crippen LogP contribution in [-0.4, -0.2) is 21.5 Å². The molecule has 0 aliphatic heterocycles. The molecule has 0 bridgehead atoms. The molecule has 1 aliphatic rings. The van der Waals surface area contributed by atoms with E-state index in [1.54, 1.807) is 7.11 Å². The van der Waals surface area contributed by atoms with Gasteiger partial charge in [-0.15, -0.1) is 0 Å². The van der Waals surface area contributed by atoms with Crippen molar-refractivity contribution in [3.63, 3.8) is 0 Å². The van der Waals surface area contributed by atoms with Gasteiger partial charge in [0.25, 0.3) is 0 Å². The first-order valence-electron chi connectivity index (χ1n) is 12.1. The van der Waals surface area contributed by atoms with Crippen LogP contribution in [0.3, 0.4) is 0 Å². The van der Waals surface area contributed by atoms with Crippen molar-refractivity contribution in [2.45, 2.75) is 97.1 Å². The minimum Gasteiger partial charge on any atom is -0.546 e. The van der Waals surface area contributed by atoms with E-state index in [0.29, 0.717) is 12.5 Å². The SMILES string of the molecule is CCCCC/C=C\C[C@@H]1C(Br)=C(O[Si](C)(C)C(C)(C)C)C[C@@H]1OCc1ccc(OC)cc1. The Kier molecular flexibility index (Phi) is 10.6. The van der Waals surface area contributed by atoms with Crippen molar-refractivity contribution in [3.8, 4) is 5.75 Å². The highest BCUT2D eigenvalue weighted by molar-refractivity contribution is 9.11. The summed E-state index contributed by atoms with van der Waals surface area (Å²) in [7, 11) is -0.205. The van der Waals surface area contributed by atoms with E-state index >= 15 is 0 Å². The van der Waals surface area contributed by atoms with Crippen molar-refractivity contribution < 1.29 is 13.9 Å². The summed E-state index contributed by atoms with van der Waals surface area (Å²) in [5.41, 5.74) is 1.16. The first-order chi connectivity index (χ1) is 15.1. The van der Waals surface area contributed by atoms with Gasteiger partial charge in [-0.25, -0.2) is 0 Å². The highest BCUT2D eigenvalue weighted by Gasteiger charge is 2.43. The number of rotatable bonds is 12. The van der Waals surface area contributed by atoms with Gasteiger partial charge in [0.1, 0.15) is 5.75 Å². The number of allylic oxidation sites excluding steroid dienone is 2. The van der Waals surface area contributed by atoms with Crippen LogP contribution in [0.25, 0.3) is 0 Å². The molecule has 3 nitrogen and oxygen atoms in total. The predicted octanol–water partition coefficient (Wildman–Crippen LogP) is 8.76. The lowest BCUT2D eigenvalue weighted by molar-refractivity contribution is 0.0187. The highest BCUT2D eigenvalue weighted by atomic mass is 79.9. The van der Waals surface area contributed by atoms with Crippen LogP contribution in [-0.2, 0) is 15.8 Å². The number of hydrogen-bond acceptors (Lipinski definition) is 3. The lowest BCUT2D eigenvalue weighted by atomic mass is 10.0. The minimum atomic E-state index is -1.90.